The van der Waals surface area contributed by atoms with Gasteiger partial charge >= 0.3 is 5.97 Å². The largest absolute Gasteiger partial charge is 0.467 e. The van der Waals surface area contributed by atoms with E-state index in [1.807, 2.05) is 0 Å². The summed E-state index contributed by atoms with van der Waals surface area (Å²) in [4.78, 5) is 34.0. The zero-order valence-corrected chi connectivity index (χ0v) is 16.9. The molecule has 2 aromatic rings. The van der Waals surface area contributed by atoms with E-state index in [0.717, 1.165) is 25.3 Å². The van der Waals surface area contributed by atoms with E-state index in [0.29, 0.717) is 0 Å². The molecule has 160 valence electrons. The van der Waals surface area contributed by atoms with Crippen LogP contribution in [0.25, 0.3) is 0 Å². The van der Waals surface area contributed by atoms with Crippen LogP contribution in [-0.2, 0) is 19.9 Å². The number of ether oxygens (including phenoxy) is 2. The third-order valence-electron chi connectivity index (χ3n) is 4.26. The van der Waals surface area contributed by atoms with Crippen LogP contribution in [0.3, 0.4) is 0 Å². The van der Waals surface area contributed by atoms with Crippen LogP contribution < -0.4 is 0 Å². The summed E-state index contributed by atoms with van der Waals surface area (Å²) in [6.07, 6.45) is -1.91. The topological polar surface area (TPSA) is 142 Å². The number of benzene rings is 2. The van der Waals surface area contributed by atoms with Gasteiger partial charge in [-0.3, -0.25) is 20.2 Å². The number of nitro benzene ring substituents is 2. The maximum atomic E-state index is 13.0. The molecule has 0 radical (unpaired) electrons. The first-order valence-electron chi connectivity index (χ1n) is 8.89. The first kappa shape index (κ1) is 22.9. The highest BCUT2D eigenvalue weighted by Crippen LogP contribution is 2.45. The molecule has 0 heterocycles. The molecular formula is C20H22N2O8. The van der Waals surface area contributed by atoms with Gasteiger partial charge in [-0.05, 0) is 32.4 Å². The van der Waals surface area contributed by atoms with Crippen molar-refractivity contribution in [3.8, 4) is 0 Å². The highest BCUT2D eigenvalue weighted by molar-refractivity contribution is 5.83. The predicted octanol–water partition coefficient (Wildman–Crippen LogP) is 3.42. The molecule has 30 heavy (non-hydrogen) atoms. The van der Waals surface area contributed by atoms with Gasteiger partial charge in [-0.25, -0.2) is 4.79 Å². The summed E-state index contributed by atoms with van der Waals surface area (Å²) in [5.74, 6) is -0.983. The number of aliphatic hydroxyl groups excluding tert-OH is 1. The van der Waals surface area contributed by atoms with Crippen molar-refractivity contribution in [3.63, 3.8) is 0 Å². The minimum absolute atomic E-state index is 0.201. The molecule has 0 aliphatic heterocycles. The third-order valence-corrected chi connectivity index (χ3v) is 4.26. The van der Waals surface area contributed by atoms with Crippen LogP contribution in [0, 0.1) is 20.2 Å². The zero-order valence-electron chi connectivity index (χ0n) is 16.9. The van der Waals surface area contributed by atoms with E-state index in [2.05, 4.69) is 0 Å². The van der Waals surface area contributed by atoms with E-state index in [1.165, 1.54) is 12.1 Å². The number of carbonyl (C=O) groups is 1. The van der Waals surface area contributed by atoms with Gasteiger partial charge in [0, 0.05) is 6.07 Å². The number of rotatable bonds is 7. The second-order valence-corrected chi connectivity index (χ2v) is 7.47. The zero-order chi connectivity index (χ0) is 22.7. The van der Waals surface area contributed by atoms with Gasteiger partial charge in [-0.15, -0.1) is 0 Å². The van der Waals surface area contributed by atoms with Crippen molar-refractivity contribution in [1.82, 2.24) is 0 Å². The van der Waals surface area contributed by atoms with E-state index in [1.54, 1.807) is 39.0 Å². The Morgan fingerprint density at radius 2 is 1.63 bits per heavy atom. The predicted molar refractivity (Wildman–Crippen MR) is 106 cm³/mol. The Labute approximate surface area is 172 Å². The number of nitrogens with zero attached hydrogens (tertiary/aromatic N) is 2. The van der Waals surface area contributed by atoms with Crippen molar-refractivity contribution in [3.05, 3.63) is 79.9 Å². The molecule has 2 atom stereocenters. The molecule has 0 amide bonds. The molecule has 0 aliphatic rings. The Hall–Kier alpha value is -3.37. The molecule has 1 N–H and O–H groups in total. The van der Waals surface area contributed by atoms with E-state index in [4.69, 9.17) is 9.47 Å². The van der Waals surface area contributed by atoms with Crippen LogP contribution in [0.4, 0.5) is 11.4 Å². The summed E-state index contributed by atoms with van der Waals surface area (Å²) in [5, 5.41) is 34.0. The Kier molecular flexibility index (Phi) is 6.53. The Balaban J connectivity index is 2.83. The highest BCUT2D eigenvalue weighted by atomic mass is 16.6. The van der Waals surface area contributed by atoms with Crippen molar-refractivity contribution in [2.75, 3.05) is 7.11 Å². The maximum Gasteiger partial charge on any atom is 0.346 e. The first-order valence-corrected chi connectivity index (χ1v) is 8.89. The van der Waals surface area contributed by atoms with Crippen LogP contribution in [0.15, 0.2) is 48.5 Å². The fraction of sp³-hybridized carbons (Fsp3) is 0.350. The molecule has 2 aromatic carbocycles. The lowest BCUT2D eigenvalue weighted by Gasteiger charge is -2.40. The van der Waals surface area contributed by atoms with Gasteiger partial charge in [-0.1, -0.05) is 30.3 Å². The third kappa shape index (κ3) is 4.44. The molecule has 0 saturated carbocycles. The van der Waals surface area contributed by atoms with Gasteiger partial charge < -0.3 is 14.6 Å². The smallest absolute Gasteiger partial charge is 0.346 e. The standard InChI is InChI=1S/C20H22N2O8/c1-19(2,3)30-20(18(24)29-4,13-8-6-5-7-9-13)17(23)15-11-10-14(21(25)26)12-16(15)22(27)28/h5-12,17,23H,1-4H3/t17-,20+/m1/s1. The summed E-state index contributed by atoms with van der Waals surface area (Å²) in [7, 11) is 1.10. The van der Waals surface area contributed by atoms with Gasteiger partial charge in [0.05, 0.1) is 34.2 Å². The minimum atomic E-state index is -2.17. The van der Waals surface area contributed by atoms with E-state index in [-0.39, 0.29) is 11.1 Å². The Bertz CT molecular complexity index is 955. The average Bonchev–Trinajstić information content (AvgIpc) is 2.70. The SMILES string of the molecule is COC(=O)[C@](OC(C)(C)C)(c1ccccc1)[C@H](O)c1ccc([N+](=O)[O-])cc1[N+](=O)[O-]. The number of hydrogen-bond acceptors (Lipinski definition) is 8. The summed E-state index contributed by atoms with van der Waals surface area (Å²) in [6.45, 7) is 4.93. The van der Waals surface area contributed by atoms with Crippen molar-refractivity contribution in [1.29, 1.82) is 0 Å². The second kappa shape index (κ2) is 8.56. The van der Waals surface area contributed by atoms with E-state index >= 15 is 0 Å². The molecule has 2 rings (SSSR count). The van der Waals surface area contributed by atoms with Gasteiger partial charge in [-0.2, -0.15) is 0 Å². The average molecular weight is 418 g/mol. The van der Waals surface area contributed by atoms with E-state index < -0.39 is 44.5 Å². The molecule has 0 spiro atoms. The van der Waals surface area contributed by atoms with Crippen LogP contribution in [0.2, 0.25) is 0 Å². The maximum absolute atomic E-state index is 13.0. The summed E-state index contributed by atoms with van der Waals surface area (Å²) >= 11 is 0. The molecule has 0 aromatic heterocycles. The fourth-order valence-electron chi connectivity index (χ4n) is 3.12. The van der Waals surface area contributed by atoms with Crippen LogP contribution >= 0.6 is 0 Å². The molecule has 0 saturated heterocycles. The Morgan fingerprint density at radius 3 is 2.10 bits per heavy atom. The van der Waals surface area contributed by atoms with Gasteiger partial charge in [0.15, 0.2) is 0 Å². The molecule has 0 unspecified atom stereocenters. The number of methoxy groups -OCH3 is 1. The molecule has 10 heteroatoms. The lowest BCUT2D eigenvalue weighted by molar-refractivity contribution is -0.395. The van der Waals surface area contributed by atoms with Crippen molar-refractivity contribution >= 4 is 17.3 Å². The van der Waals surface area contributed by atoms with Crippen molar-refractivity contribution < 1.29 is 29.2 Å². The second-order valence-electron chi connectivity index (χ2n) is 7.47. The number of non-ortho nitro benzene ring substituents is 1. The molecule has 0 fully saturated rings. The van der Waals surface area contributed by atoms with Gasteiger partial charge in [0.1, 0.15) is 6.10 Å². The van der Waals surface area contributed by atoms with Crippen molar-refractivity contribution in [2.24, 2.45) is 0 Å². The summed E-state index contributed by atoms with van der Waals surface area (Å²) in [6, 6.07) is 10.7. The van der Waals surface area contributed by atoms with Crippen LogP contribution in [-0.4, -0.2) is 33.6 Å². The normalized spacial score (nSPS) is 14.4. The molecular weight excluding hydrogens is 396 g/mol. The monoisotopic (exact) mass is 418 g/mol. The van der Waals surface area contributed by atoms with Crippen LogP contribution in [0.1, 0.15) is 38.0 Å². The molecule has 0 aliphatic carbocycles. The minimum Gasteiger partial charge on any atom is -0.467 e. The number of nitro groups is 2. The quantitative estimate of drug-likeness (QED) is 0.409. The molecule has 0 bridgehead atoms. The lowest BCUT2D eigenvalue weighted by Crippen LogP contribution is -2.49. The number of aliphatic hydroxyl groups is 1. The van der Waals surface area contributed by atoms with Gasteiger partial charge in [0.2, 0.25) is 5.60 Å². The van der Waals surface area contributed by atoms with Gasteiger partial charge in [0.25, 0.3) is 11.4 Å². The Morgan fingerprint density at radius 1 is 1.03 bits per heavy atom. The number of carbonyl (C=O) groups excluding carboxylic acids is 1. The van der Waals surface area contributed by atoms with Crippen LogP contribution in [0.5, 0.6) is 0 Å². The lowest BCUT2D eigenvalue weighted by atomic mass is 9.82. The number of hydrogen-bond donors (Lipinski definition) is 1. The van der Waals surface area contributed by atoms with Crippen molar-refractivity contribution in [2.45, 2.75) is 38.1 Å². The first-order chi connectivity index (χ1) is 13.9. The highest BCUT2D eigenvalue weighted by Gasteiger charge is 2.54. The summed E-state index contributed by atoms with van der Waals surface area (Å²) < 4.78 is 10.9. The summed E-state index contributed by atoms with van der Waals surface area (Å²) in [5.41, 5.74) is -4.54. The van der Waals surface area contributed by atoms with E-state index in [9.17, 15) is 30.1 Å². The number of esters is 1. The molecule has 10 nitrogen and oxygen atoms in total. The fourth-order valence-corrected chi connectivity index (χ4v) is 3.12.